The number of fused-ring (bicyclic) bond motifs is 1. The number of hydrogen-bond donors (Lipinski definition) is 1. The minimum absolute atomic E-state index is 0.585. The highest BCUT2D eigenvalue weighted by atomic mass is 16.5. The summed E-state index contributed by atoms with van der Waals surface area (Å²) in [5, 5.41) is 0. The molecule has 0 aliphatic heterocycles. The van der Waals surface area contributed by atoms with Gasteiger partial charge in [0.15, 0.2) is 5.65 Å². The fourth-order valence-electron chi connectivity index (χ4n) is 1.12. The van der Waals surface area contributed by atoms with Crippen LogP contribution < -0.4 is 0 Å². The first-order valence-electron chi connectivity index (χ1n) is 3.67. The third kappa shape index (κ3) is 1.16. The Morgan fingerprint density at radius 2 is 2.42 bits per heavy atom. The van der Waals surface area contributed by atoms with Crippen molar-refractivity contribution >= 4 is 11.2 Å². The largest absolute Gasteiger partial charge is 0.380 e. The Bertz CT molecular complexity index is 382. The first kappa shape index (κ1) is 7.24. The number of nitrogens with zero attached hydrogens (tertiary/aromatic N) is 2. The van der Waals surface area contributed by atoms with Gasteiger partial charge in [0.25, 0.3) is 0 Å². The van der Waals surface area contributed by atoms with Crippen LogP contribution in [0.5, 0.6) is 0 Å². The molecule has 0 spiro atoms. The van der Waals surface area contributed by atoms with Crippen molar-refractivity contribution in [3.8, 4) is 0 Å². The van der Waals surface area contributed by atoms with Crippen LogP contribution in [-0.2, 0) is 11.3 Å². The molecule has 1 N–H and O–H groups in total. The Morgan fingerprint density at radius 1 is 1.50 bits per heavy atom. The van der Waals surface area contributed by atoms with Crippen molar-refractivity contribution in [2.75, 3.05) is 7.11 Å². The summed E-state index contributed by atoms with van der Waals surface area (Å²) in [5.74, 6) is 0. The van der Waals surface area contributed by atoms with E-state index in [2.05, 4.69) is 15.0 Å². The SMILES string of the molecule is COCc1cnc2nc[nH]c2c1. The second-order valence-corrected chi connectivity index (χ2v) is 2.55. The number of aromatic nitrogens is 3. The Hall–Kier alpha value is -1.42. The van der Waals surface area contributed by atoms with Gasteiger partial charge in [-0.15, -0.1) is 0 Å². The van der Waals surface area contributed by atoms with Gasteiger partial charge in [0, 0.05) is 13.3 Å². The lowest BCUT2D eigenvalue weighted by molar-refractivity contribution is 0.184. The highest BCUT2D eigenvalue weighted by Crippen LogP contribution is 2.08. The normalized spacial score (nSPS) is 10.8. The van der Waals surface area contributed by atoms with Crippen molar-refractivity contribution in [2.24, 2.45) is 0 Å². The Labute approximate surface area is 69.6 Å². The smallest absolute Gasteiger partial charge is 0.177 e. The average Bonchev–Trinajstić information content (AvgIpc) is 2.51. The van der Waals surface area contributed by atoms with Gasteiger partial charge in [-0.1, -0.05) is 0 Å². The van der Waals surface area contributed by atoms with Crippen LogP contribution in [0, 0.1) is 0 Å². The third-order valence-corrected chi connectivity index (χ3v) is 1.64. The van der Waals surface area contributed by atoms with Crippen LogP contribution in [0.4, 0.5) is 0 Å². The molecular formula is C8H9N3O. The predicted molar refractivity (Wildman–Crippen MR) is 44.6 cm³/mol. The van der Waals surface area contributed by atoms with E-state index in [0.717, 1.165) is 16.7 Å². The summed E-state index contributed by atoms with van der Waals surface area (Å²) in [6, 6.07) is 1.98. The van der Waals surface area contributed by atoms with Gasteiger partial charge in [0.2, 0.25) is 0 Å². The number of ether oxygens (including phenoxy) is 1. The number of methoxy groups -OCH3 is 1. The molecule has 0 aliphatic rings. The van der Waals surface area contributed by atoms with E-state index in [1.54, 1.807) is 19.6 Å². The van der Waals surface area contributed by atoms with E-state index < -0.39 is 0 Å². The molecule has 0 unspecified atom stereocenters. The van der Waals surface area contributed by atoms with Gasteiger partial charge in [-0.25, -0.2) is 9.97 Å². The molecule has 0 aromatic carbocycles. The monoisotopic (exact) mass is 163 g/mol. The zero-order valence-corrected chi connectivity index (χ0v) is 6.74. The lowest BCUT2D eigenvalue weighted by Crippen LogP contribution is -1.88. The van der Waals surface area contributed by atoms with E-state index in [1.807, 2.05) is 6.07 Å². The van der Waals surface area contributed by atoms with Crippen molar-refractivity contribution in [1.82, 2.24) is 15.0 Å². The van der Waals surface area contributed by atoms with E-state index in [1.165, 1.54) is 0 Å². The molecular weight excluding hydrogens is 154 g/mol. The summed E-state index contributed by atoms with van der Waals surface area (Å²) in [6.07, 6.45) is 3.40. The van der Waals surface area contributed by atoms with Crippen LogP contribution in [0.1, 0.15) is 5.56 Å². The van der Waals surface area contributed by atoms with E-state index in [0.29, 0.717) is 6.61 Å². The molecule has 2 aromatic heterocycles. The highest BCUT2D eigenvalue weighted by Gasteiger charge is 1.98. The molecule has 0 aliphatic carbocycles. The molecule has 0 radical (unpaired) electrons. The number of nitrogens with one attached hydrogen (secondary N) is 1. The minimum atomic E-state index is 0.585. The molecule has 12 heavy (non-hydrogen) atoms. The first-order chi connectivity index (χ1) is 5.90. The number of imidazole rings is 1. The van der Waals surface area contributed by atoms with Crippen molar-refractivity contribution in [3.63, 3.8) is 0 Å². The maximum absolute atomic E-state index is 4.98. The van der Waals surface area contributed by atoms with Crippen LogP contribution in [-0.4, -0.2) is 22.1 Å². The molecule has 0 atom stereocenters. The van der Waals surface area contributed by atoms with Crippen LogP contribution in [0.15, 0.2) is 18.6 Å². The van der Waals surface area contributed by atoms with Crippen LogP contribution in [0.2, 0.25) is 0 Å². The number of rotatable bonds is 2. The number of hydrogen-bond acceptors (Lipinski definition) is 3. The number of H-pyrrole nitrogens is 1. The van der Waals surface area contributed by atoms with Gasteiger partial charge in [-0.2, -0.15) is 0 Å². The van der Waals surface area contributed by atoms with E-state index >= 15 is 0 Å². The van der Waals surface area contributed by atoms with Crippen molar-refractivity contribution in [3.05, 3.63) is 24.2 Å². The lowest BCUT2D eigenvalue weighted by atomic mass is 10.3. The molecule has 0 amide bonds. The quantitative estimate of drug-likeness (QED) is 0.721. The Kier molecular flexibility index (Phi) is 1.75. The van der Waals surface area contributed by atoms with Crippen LogP contribution in [0.3, 0.4) is 0 Å². The zero-order chi connectivity index (χ0) is 8.39. The Balaban J connectivity index is 2.46. The van der Waals surface area contributed by atoms with Gasteiger partial charge in [0.1, 0.15) is 0 Å². The molecule has 0 saturated carbocycles. The standard InChI is InChI=1S/C8H9N3O/c1-12-4-6-2-7-8(9-3-6)11-5-10-7/h2-3,5H,4H2,1H3,(H,9,10,11). The van der Waals surface area contributed by atoms with Gasteiger partial charge >= 0.3 is 0 Å². The van der Waals surface area contributed by atoms with Gasteiger partial charge in [-0.05, 0) is 11.6 Å². The van der Waals surface area contributed by atoms with E-state index in [9.17, 15) is 0 Å². The molecule has 0 saturated heterocycles. The van der Waals surface area contributed by atoms with Crippen molar-refractivity contribution < 1.29 is 4.74 Å². The second kappa shape index (κ2) is 2.91. The Morgan fingerprint density at radius 3 is 3.25 bits per heavy atom. The molecule has 4 heteroatoms. The summed E-state index contributed by atoms with van der Waals surface area (Å²) in [4.78, 5) is 11.1. The summed E-state index contributed by atoms with van der Waals surface area (Å²) >= 11 is 0. The van der Waals surface area contributed by atoms with Gasteiger partial charge < -0.3 is 9.72 Å². The van der Waals surface area contributed by atoms with Crippen LogP contribution >= 0.6 is 0 Å². The zero-order valence-electron chi connectivity index (χ0n) is 6.74. The highest BCUT2D eigenvalue weighted by molar-refractivity contribution is 5.69. The first-order valence-corrected chi connectivity index (χ1v) is 3.67. The fourth-order valence-corrected chi connectivity index (χ4v) is 1.12. The minimum Gasteiger partial charge on any atom is -0.380 e. The molecule has 62 valence electrons. The van der Waals surface area contributed by atoms with E-state index in [4.69, 9.17) is 4.74 Å². The molecule has 2 rings (SSSR count). The lowest BCUT2D eigenvalue weighted by Gasteiger charge is -1.96. The predicted octanol–water partition coefficient (Wildman–Crippen LogP) is 1.10. The maximum Gasteiger partial charge on any atom is 0.177 e. The summed E-state index contributed by atoms with van der Waals surface area (Å²) in [6.45, 7) is 0.585. The third-order valence-electron chi connectivity index (χ3n) is 1.64. The average molecular weight is 163 g/mol. The summed E-state index contributed by atoms with van der Waals surface area (Å²) < 4.78 is 4.98. The van der Waals surface area contributed by atoms with Gasteiger partial charge in [0.05, 0.1) is 18.5 Å². The van der Waals surface area contributed by atoms with Crippen LogP contribution in [0.25, 0.3) is 11.2 Å². The van der Waals surface area contributed by atoms with Crippen molar-refractivity contribution in [1.29, 1.82) is 0 Å². The van der Waals surface area contributed by atoms with E-state index in [-0.39, 0.29) is 0 Å². The molecule has 0 bridgehead atoms. The second-order valence-electron chi connectivity index (χ2n) is 2.55. The topological polar surface area (TPSA) is 50.8 Å². The number of pyridine rings is 1. The number of aromatic amines is 1. The fraction of sp³-hybridized carbons (Fsp3) is 0.250. The molecule has 4 nitrogen and oxygen atoms in total. The summed E-state index contributed by atoms with van der Waals surface area (Å²) in [7, 11) is 1.66. The van der Waals surface area contributed by atoms with Gasteiger partial charge in [-0.3, -0.25) is 0 Å². The molecule has 0 fully saturated rings. The maximum atomic E-state index is 4.98. The molecule has 2 heterocycles. The summed E-state index contributed by atoms with van der Waals surface area (Å²) in [5.41, 5.74) is 2.74. The molecule has 2 aromatic rings. The van der Waals surface area contributed by atoms with Crippen molar-refractivity contribution in [2.45, 2.75) is 6.61 Å².